The van der Waals surface area contributed by atoms with E-state index in [2.05, 4.69) is 41.9 Å². The van der Waals surface area contributed by atoms with Gasteiger partial charge in [-0.25, -0.2) is 9.48 Å². The predicted octanol–water partition coefficient (Wildman–Crippen LogP) is 2.67. The number of nitrogens with zero attached hydrogens (tertiary/aromatic N) is 4. The Kier molecular flexibility index (Phi) is 5.15. The molecule has 102 valence electrons. The molecule has 0 fully saturated rings. The van der Waals surface area contributed by atoms with Crippen LogP contribution in [0.5, 0.6) is 0 Å². The highest BCUT2D eigenvalue weighted by Crippen LogP contribution is 2.12. The van der Waals surface area contributed by atoms with Crippen molar-refractivity contribution in [3.63, 3.8) is 0 Å². The minimum Gasteiger partial charge on any atom is -0.444 e. The van der Waals surface area contributed by atoms with Gasteiger partial charge in [-0.05, 0) is 52.6 Å². The van der Waals surface area contributed by atoms with Gasteiger partial charge in [0, 0.05) is 13.6 Å². The average Bonchev–Trinajstić information content (AvgIpc) is 2.51. The second kappa shape index (κ2) is 6.01. The van der Waals surface area contributed by atoms with Gasteiger partial charge in [0.25, 0.3) is 0 Å². The zero-order valence-electron chi connectivity index (χ0n) is 10.8. The first-order valence-electron chi connectivity index (χ1n) is 5.39. The number of likely N-dealkylation sites (N-methyl/N-ethyl adjacent to an activating group) is 1. The van der Waals surface area contributed by atoms with Gasteiger partial charge >= 0.3 is 6.09 Å². The van der Waals surface area contributed by atoms with E-state index in [1.165, 1.54) is 4.90 Å². The third kappa shape index (κ3) is 4.93. The molecule has 0 aliphatic heterocycles. The SMILES string of the molecule is CN(CCn1nc(Br)nc1Br)C(=O)OC(C)(C)C. The molecule has 18 heavy (non-hydrogen) atoms. The second-order valence-corrected chi connectivity index (χ2v) is 6.19. The first kappa shape index (κ1) is 15.4. The zero-order chi connectivity index (χ0) is 13.9. The maximum absolute atomic E-state index is 11.7. The van der Waals surface area contributed by atoms with Gasteiger partial charge in [-0.1, -0.05) is 0 Å². The van der Waals surface area contributed by atoms with Crippen LogP contribution in [0.4, 0.5) is 4.79 Å². The van der Waals surface area contributed by atoms with Crippen LogP contribution in [0.1, 0.15) is 20.8 Å². The molecule has 0 radical (unpaired) electrons. The molecule has 1 aromatic rings. The molecule has 0 spiro atoms. The monoisotopic (exact) mass is 382 g/mol. The Morgan fingerprint density at radius 3 is 2.50 bits per heavy atom. The van der Waals surface area contributed by atoms with E-state index in [9.17, 15) is 4.79 Å². The molecule has 1 rings (SSSR count). The lowest BCUT2D eigenvalue weighted by atomic mass is 10.2. The van der Waals surface area contributed by atoms with Crippen LogP contribution < -0.4 is 0 Å². The van der Waals surface area contributed by atoms with E-state index in [1.54, 1.807) is 11.7 Å². The molecule has 0 N–H and O–H groups in total. The summed E-state index contributed by atoms with van der Waals surface area (Å²) in [5, 5.41) is 4.11. The largest absolute Gasteiger partial charge is 0.444 e. The van der Waals surface area contributed by atoms with Crippen molar-refractivity contribution in [2.24, 2.45) is 0 Å². The van der Waals surface area contributed by atoms with Gasteiger partial charge in [-0.3, -0.25) is 0 Å². The molecule has 0 saturated carbocycles. The van der Waals surface area contributed by atoms with Crippen molar-refractivity contribution in [3.05, 3.63) is 9.47 Å². The van der Waals surface area contributed by atoms with Crippen LogP contribution >= 0.6 is 31.9 Å². The van der Waals surface area contributed by atoms with Gasteiger partial charge in [-0.2, -0.15) is 4.98 Å². The minimum absolute atomic E-state index is 0.349. The molecular formula is C10H16Br2N4O2. The summed E-state index contributed by atoms with van der Waals surface area (Å²) >= 11 is 6.46. The fourth-order valence-electron chi connectivity index (χ4n) is 1.12. The molecule has 6 nitrogen and oxygen atoms in total. The van der Waals surface area contributed by atoms with E-state index in [-0.39, 0.29) is 6.09 Å². The van der Waals surface area contributed by atoms with Gasteiger partial charge in [0.2, 0.25) is 4.73 Å². The van der Waals surface area contributed by atoms with E-state index in [1.807, 2.05) is 20.8 Å². The fraction of sp³-hybridized carbons (Fsp3) is 0.700. The Labute approximate surface area is 123 Å². The highest BCUT2D eigenvalue weighted by molar-refractivity contribution is 9.11. The topological polar surface area (TPSA) is 60.2 Å². The molecule has 0 bridgehead atoms. The number of carbonyl (C=O) groups excluding carboxylic acids is 1. The summed E-state index contributed by atoms with van der Waals surface area (Å²) < 4.78 is 8.03. The average molecular weight is 384 g/mol. The first-order valence-corrected chi connectivity index (χ1v) is 6.97. The van der Waals surface area contributed by atoms with Gasteiger partial charge in [0.05, 0.1) is 6.54 Å². The number of hydrogen-bond donors (Lipinski definition) is 0. The molecular weight excluding hydrogens is 368 g/mol. The highest BCUT2D eigenvalue weighted by atomic mass is 79.9. The lowest BCUT2D eigenvalue weighted by molar-refractivity contribution is 0.0292. The van der Waals surface area contributed by atoms with Crippen molar-refractivity contribution in [1.82, 2.24) is 19.7 Å². The second-order valence-electron chi connectivity index (χ2n) is 4.77. The number of aromatic nitrogens is 3. The fourth-order valence-corrected chi connectivity index (χ4v) is 2.14. The summed E-state index contributed by atoms with van der Waals surface area (Å²) in [5.74, 6) is 0. The quantitative estimate of drug-likeness (QED) is 0.804. The van der Waals surface area contributed by atoms with Crippen molar-refractivity contribution >= 4 is 38.0 Å². The van der Waals surface area contributed by atoms with Gasteiger partial charge in [-0.15, -0.1) is 5.10 Å². The number of halogens is 2. The Hall–Kier alpha value is -0.630. The molecule has 1 amide bonds. The first-order chi connectivity index (χ1) is 8.19. The maximum atomic E-state index is 11.7. The molecule has 0 saturated heterocycles. The van der Waals surface area contributed by atoms with Crippen LogP contribution in [0.15, 0.2) is 9.47 Å². The van der Waals surface area contributed by atoms with Crippen LogP contribution in [0.3, 0.4) is 0 Å². The molecule has 1 aromatic heterocycles. The van der Waals surface area contributed by atoms with Crippen molar-refractivity contribution in [1.29, 1.82) is 0 Å². The number of ether oxygens (including phenoxy) is 1. The number of rotatable bonds is 3. The lowest BCUT2D eigenvalue weighted by Crippen LogP contribution is -2.36. The highest BCUT2D eigenvalue weighted by Gasteiger charge is 2.19. The lowest BCUT2D eigenvalue weighted by Gasteiger charge is -2.24. The van der Waals surface area contributed by atoms with Crippen LogP contribution in [0.2, 0.25) is 0 Å². The van der Waals surface area contributed by atoms with E-state index >= 15 is 0 Å². The molecule has 0 unspecified atom stereocenters. The Bertz CT molecular complexity index is 428. The van der Waals surface area contributed by atoms with E-state index in [0.29, 0.717) is 22.6 Å². The van der Waals surface area contributed by atoms with Crippen molar-refractivity contribution in [3.8, 4) is 0 Å². The van der Waals surface area contributed by atoms with Crippen LogP contribution in [0.25, 0.3) is 0 Å². The summed E-state index contributed by atoms with van der Waals surface area (Å²) in [5.41, 5.74) is -0.484. The van der Waals surface area contributed by atoms with Gasteiger partial charge in [0.15, 0.2) is 4.73 Å². The Morgan fingerprint density at radius 1 is 1.44 bits per heavy atom. The van der Waals surface area contributed by atoms with E-state index in [4.69, 9.17) is 4.74 Å². The third-order valence-electron chi connectivity index (χ3n) is 1.95. The summed E-state index contributed by atoms with van der Waals surface area (Å²) in [6, 6.07) is 0. The van der Waals surface area contributed by atoms with E-state index in [0.717, 1.165) is 0 Å². The summed E-state index contributed by atoms with van der Waals surface area (Å²) in [7, 11) is 1.69. The molecule has 1 heterocycles. The minimum atomic E-state index is -0.484. The normalized spacial score (nSPS) is 11.4. The van der Waals surface area contributed by atoms with Gasteiger partial charge < -0.3 is 9.64 Å². The molecule has 0 aliphatic rings. The maximum Gasteiger partial charge on any atom is 0.410 e. The number of amides is 1. The van der Waals surface area contributed by atoms with Crippen LogP contribution in [-0.2, 0) is 11.3 Å². The van der Waals surface area contributed by atoms with Crippen molar-refractivity contribution in [2.75, 3.05) is 13.6 Å². The Morgan fingerprint density at radius 2 is 2.06 bits per heavy atom. The van der Waals surface area contributed by atoms with Crippen LogP contribution in [-0.4, -0.2) is 45.0 Å². The smallest absolute Gasteiger partial charge is 0.410 e. The molecule has 0 aromatic carbocycles. The molecule has 0 aliphatic carbocycles. The molecule has 8 heteroatoms. The summed E-state index contributed by atoms with van der Waals surface area (Å²) in [6.07, 6.45) is -0.349. The van der Waals surface area contributed by atoms with Crippen molar-refractivity contribution < 1.29 is 9.53 Å². The summed E-state index contributed by atoms with van der Waals surface area (Å²) in [4.78, 5) is 17.3. The van der Waals surface area contributed by atoms with Gasteiger partial charge in [0.1, 0.15) is 5.60 Å². The standard InChI is InChI=1S/C10H16Br2N4O2/c1-10(2,3)18-9(17)15(4)5-6-16-8(12)13-7(11)14-16/h5-6H2,1-4H3. The zero-order valence-corrected chi connectivity index (χ0v) is 13.9. The molecule has 0 atom stereocenters. The number of carbonyl (C=O) groups is 1. The van der Waals surface area contributed by atoms with E-state index < -0.39 is 5.60 Å². The Balaban J connectivity index is 2.48. The summed E-state index contributed by atoms with van der Waals surface area (Å²) in [6.45, 7) is 6.54. The van der Waals surface area contributed by atoms with Crippen LogP contribution in [0, 0.1) is 0 Å². The number of hydrogen-bond acceptors (Lipinski definition) is 4. The third-order valence-corrected chi connectivity index (χ3v) is 2.88. The predicted molar refractivity (Wildman–Crippen MR) is 74.3 cm³/mol. The van der Waals surface area contributed by atoms with Crippen molar-refractivity contribution in [2.45, 2.75) is 32.9 Å².